The molecular formula is C30H56N2O4. The Kier molecular flexibility index (Phi) is 21.2. The molecule has 6 nitrogen and oxygen atoms in total. The van der Waals surface area contributed by atoms with Gasteiger partial charge in [0.2, 0.25) is 5.91 Å². The average Bonchev–Trinajstić information content (AvgIpc) is 2.79. The number of hydrogen-bond donors (Lipinski definition) is 2. The molecule has 6 heteroatoms. The third-order valence-corrected chi connectivity index (χ3v) is 6.09. The highest BCUT2D eigenvalue weighted by Gasteiger charge is 2.21. The number of nitrogens with one attached hydrogen (secondary N) is 2. The monoisotopic (exact) mass is 508 g/mol. The Morgan fingerprint density at radius 2 is 1.33 bits per heavy atom. The van der Waals surface area contributed by atoms with Crippen LogP contribution in [0, 0.1) is 0 Å². The van der Waals surface area contributed by atoms with Gasteiger partial charge in [-0.25, -0.2) is 4.79 Å². The molecule has 0 aromatic rings. The van der Waals surface area contributed by atoms with Crippen molar-refractivity contribution in [2.45, 2.75) is 155 Å². The van der Waals surface area contributed by atoms with E-state index >= 15 is 0 Å². The molecule has 0 heterocycles. The number of ketones is 1. The lowest BCUT2D eigenvalue weighted by Crippen LogP contribution is -2.42. The van der Waals surface area contributed by atoms with Crippen LogP contribution in [0.15, 0.2) is 12.2 Å². The van der Waals surface area contributed by atoms with Gasteiger partial charge in [0.1, 0.15) is 5.60 Å². The predicted octanol–water partition coefficient (Wildman–Crippen LogP) is 7.79. The number of carbonyl (C=O) groups is 3. The van der Waals surface area contributed by atoms with E-state index in [0.29, 0.717) is 19.4 Å². The smallest absolute Gasteiger partial charge is 0.408 e. The fourth-order valence-electron chi connectivity index (χ4n) is 3.97. The Hall–Kier alpha value is -1.85. The normalized spacial score (nSPS) is 12.5. The van der Waals surface area contributed by atoms with E-state index in [2.05, 4.69) is 29.7 Å². The molecule has 0 spiro atoms. The second-order valence-electron chi connectivity index (χ2n) is 11.0. The molecule has 0 rings (SSSR count). The molecule has 210 valence electrons. The van der Waals surface area contributed by atoms with E-state index in [-0.39, 0.29) is 11.7 Å². The SMILES string of the molecule is CCCCCCCCC=CCCCCCCCC(=O)NCCCCC(NC(=O)OC(C)(C)C)C(C)=O. The summed E-state index contributed by atoms with van der Waals surface area (Å²) >= 11 is 0. The highest BCUT2D eigenvalue weighted by Crippen LogP contribution is 2.11. The summed E-state index contributed by atoms with van der Waals surface area (Å²) in [5.41, 5.74) is -0.597. The highest BCUT2D eigenvalue weighted by molar-refractivity contribution is 5.85. The summed E-state index contributed by atoms with van der Waals surface area (Å²) < 4.78 is 5.22. The molecule has 0 fully saturated rings. The molecule has 36 heavy (non-hydrogen) atoms. The number of unbranched alkanes of at least 4 members (excludes halogenated alkanes) is 12. The molecular weight excluding hydrogens is 452 g/mol. The number of rotatable bonds is 22. The fraction of sp³-hybridized carbons (Fsp3) is 0.833. The van der Waals surface area contributed by atoms with Crippen molar-refractivity contribution in [1.82, 2.24) is 10.6 Å². The standard InChI is InChI=1S/C30H56N2O4/c1-6-7-8-9-10-11-12-13-14-15-16-17-18-19-20-24-28(34)31-25-22-21-23-27(26(2)33)32-29(35)36-30(3,4)5/h13-14,27H,6-12,15-25H2,1-5H3,(H,31,34)(H,32,35). The van der Waals surface area contributed by atoms with Crippen molar-refractivity contribution in [2.24, 2.45) is 0 Å². The van der Waals surface area contributed by atoms with E-state index in [1.807, 2.05) is 0 Å². The summed E-state index contributed by atoms with van der Waals surface area (Å²) in [5.74, 6) is 0.0108. The van der Waals surface area contributed by atoms with Gasteiger partial charge >= 0.3 is 6.09 Å². The topological polar surface area (TPSA) is 84.5 Å². The minimum Gasteiger partial charge on any atom is -0.444 e. The molecule has 0 aliphatic heterocycles. The van der Waals surface area contributed by atoms with Gasteiger partial charge in [-0.15, -0.1) is 0 Å². The van der Waals surface area contributed by atoms with Gasteiger partial charge in [0, 0.05) is 13.0 Å². The molecule has 0 radical (unpaired) electrons. The Labute approximate surface area is 221 Å². The van der Waals surface area contributed by atoms with E-state index in [1.54, 1.807) is 20.8 Å². The summed E-state index contributed by atoms with van der Waals surface area (Å²) in [6.45, 7) is 9.69. The Morgan fingerprint density at radius 3 is 1.89 bits per heavy atom. The zero-order valence-corrected chi connectivity index (χ0v) is 24.1. The van der Waals surface area contributed by atoms with Crippen molar-refractivity contribution >= 4 is 17.8 Å². The van der Waals surface area contributed by atoms with Crippen LogP contribution in [-0.4, -0.2) is 36.0 Å². The van der Waals surface area contributed by atoms with Crippen molar-refractivity contribution < 1.29 is 19.1 Å². The van der Waals surface area contributed by atoms with Crippen LogP contribution in [0.3, 0.4) is 0 Å². The van der Waals surface area contributed by atoms with Crippen molar-refractivity contribution in [1.29, 1.82) is 0 Å². The van der Waals surface area contributed by atoms with Crippen LogP contribution in [0.2, 0.25) is 0 Å². The molecule has 2 N–H and O–H groups in total. The average molecular weight is 509 g/mol. The maximum absolute atomic E-state index is 12.0. The van der Waals surface area contributed by atoms with Gasteiger partial charge in [0.05, 0.1) is 6.04 Å². The first-order valence-electron chi connectivity index (χ1n) is 14.6. The zero-order chi connectivity index (χ0) is 27.1. The van der Waals surface area contributed by atoms with Gasteiger partial charge in [-0.3, -0.25) is 9.59 Å². The second kappa shape index (κ2) is 22.4. The van der Waals surface area contributed by atoms with Gasteiger partial charge in [-0.1, -0.05) is 70.4 Å². The molecule has 0 aromatic carbocycles. The van der Waals surface area contributed by atoms with Crippen LogP contribution in [0.4, 0.5) is 4.79 Å². The van der Waals surface area contributed by atoms with Gasteiger partial charge < -0.3 is 15.4 Å². The van der Waals surface area contributed by atoms with Gasteiger partial charge in [-0.05, 0) is 79.1 Å². The maximum Gasteiger partial charge on any atom is 0.408 e. The minimum absolute atomic E-state index is 0.0888. The lowest BCUT2D eigenvalue weighted by atomic mass is 10.1. The summed E-state index contributed by atoms with van der Waals surface area (Å²) in [7, 11) is 0. The van der Waals surface area contributed by atoms with E-state index in [1.165, 1.54) is 77.6 Å². The minimum atomic E-state index is -0.597. The number of alkyl carbamates (subject to hydrolysis) is 1. The number of allylic oxidation sites excluding steroid dienone is 2. The van der Waals surface area contributed by atoms with E-state index in [0.717, 1.165) is 25.7 Å². The molecule has 0 aliphatic carbocycles. The third kappa shape index (κ3) is 23.9. The van der Waals surface area contributed by atoms with Gasteiger partial charge in [-0.2, -0.15) is 0 Å². The largest absolute Gasteiger partial charge is 0.444 e. The van der Waals surface area contributed by atoms with E-state index in [4.69, 9.17) is 4.74 Å². The summed E-state index contributed by atoms with van der Waals surface area (Å²) in [6, 6.07) is -0.550. The Bertz CT molecular complexity index is 611. The lowest BCUT2D eigenvalue weighted by molar-refractivity contribution is -0.121. The first-order chi connectivity index (χ1) is 17.2. The van der Waals surface area contributed by atoms with Crippen LogP contribution in [0.25, 0.3) is 0 Å². The zero-order valence-electron chi connectivity index (χ0n) is 24.1. The molecule has 0 saturated carbocycles. The lowest BCUT2D eigenvalue weighted by Gasteiger charge is -2.22. The van der Waals surface area contributed by atoms with Crippen LogP contribution in [-0.2, 0) is 14.3 Å². The molecule has 1 atom stereocenters. The number of hydrogen-bond acceptors (Lipinski definition) is 4. The molecule has 2 amide bonds. The van der Waals surface area contributed by atoms with Crippen LogP contribution < -0.4 is 10.6 Å². The quantitative estimate of drug-likeness (QED) is 0.115. The first kappa shape index (κ1) is 34.1. The molecule has 0 aliphatic rings. The molecule has 0 bridgehead atoms. The fourth-order valence-corrected chi connectivity index (χ4v) is 3.97. The van der Waals surface area contributed by atoms with E-state index < -0.39 is 17.7 Å². The van der Waals surface area contributed by atoms with Gasteiger partial charge in [0.15, 0.2) is 5.78 Å². The first-order valence-corrected chi connectivity index (χ1v) is 14.6. The Balaban J connectivity index is 3.62. The third-order valence-electron chi connectivity index (χ3n) is 6.09. The van der Waals surface area contributed by atoms with Crippen molar-refractivity contribution in [3.05, 3.63) is 12.2 Å². The molecule has 1 unspecified atom stereocenters. The Morgan fingerprint density at radius 1 is 0.778 bits per heavy atom. The van der Waals surface area contributed by atoms with E-state index in [9.17, 15) is 14.4 Å². The molecule has 0 saturated heterocycles. The maximum atomic E-state index is 12.0. The summed E-state index contributed by atoms with van der Waals surface area (Å²) in [6.07, 6.45) is 23.0. The molecule has 0 aromatic heterocycles. The van der Waals surface area contributed by atoms with Crippen LogP contribution >= 0.6 is 0 Å². The number of amides is 2. The number of Topliss-reactive ketones (excluding diaryl/α,β-unsaturated/α-hetero) is 1. The van der Waals surface area contributed by atoms with Crippen molar-refractivity contribution in [3.8, 4) is 0 Å². The van der Waals surface area contributed by atoms with Gasteiger partial charge in [0.25, 0.3) is 0 Å². The predicted molar refractivity (Wildman–Crippen MR) is 150 cm³/mol. The van der Waals surface area contributed by atoms with Crippen molar-refractivity contribution in [2.75, 3.05) is 6.54 Å². The van der Waals surface area contributed by atoms with Crippen LogP contribution in [0.1, 0.15) is 144 Å². The second-order valence-corrected chi connectivity index (χ2v) is 11.0. The summed E-state index contributed by atoms with van der Waals surface area (Å²) in [5, 5.41) is 5.60. The highest BCUT2D eigenvalue weighted by atomic mass is 16.6. The summed E-state index contributed by atoms with van der Waals surface area (Å²) in [4.78, 5) is 35.7. The number of ether oxygens (including phenoxy) is 1. The number of carbonyl (C=O) groups excluding carboxylic acids is 3. The van der Waals surface area contributed by atoms with Crippen molar-refractivity contribution in [3.63, 3.8) is 0 Å². The van der Waals surface area contributed by atoms with Crippen LogP contribution in [0.5, 0.6) is 0 Å².